The van der Waals surface area contributed by atoms with E-state index >= 15 is 0 Å². The van der Waals surface area contributed by atoms with Gasteiger partial charge in [-0.1, -0.05) is 0 Å². The lowest BCUT2D eigenvalue weighted by Gasteiger charge is -2.16. The standard InChI is InChI=1S/C10H15N7O4/c11-7-4-8(15-10(14-7)16-12)17(2-13-4)9-6(20)5(19)3(1-18)21-9/h2-3,5-6,9,18-20H,1,12H2,(H3,11,14,15,16)/t3-,5?,6?,9-/m1/s1. The number of nitrogen functional groups attached to an aromatic ring is 1. The first-order chi connectivity index (χ1) is 10.1. The third kappa shape index (κ3) is 2.03. The van der Waals surface area contributed by atoms with Gasteiger partial charge < -0.3 is 36.6 Å². The Kier molecular flexibility index (Phi) is 3.25. The van der Waals surface area contributed by atoms with E-state index in [4.69, 9.17) is 21.4 Å². The smallest absolute Gasteiger partial charge is 0.247 e. The first kappa shape index (κ1) is 13.8. The summed E-state index contributed by atoms with van der Waals surface area (Å²) in [6.45, 7) is -0.419. The second-order valence-corrected chi connectivity index (χ2v) is 4.65. The Morgan fingerprint density at radius 2 is 2.19 bits per heavy atom. The Morgan fingerprint density at radius 3 is 2.81 bits per heavy atom. The first-order valence-electron chi connectivity index (χ1n) is 6.15. The van der Waals surface area contributed by atoms with Gasteiger partial charge in [0.2, 0.25) is 5.62 Å². The average molecular weight is 297 g/mol. The summed E-state index contributed by atoms with van der Waals surface area (Å²) in [6.07, 6.45) is -2.90. The van der Waals surface area contributed by atoms with E-state index in [2.05, 4.69) is 20.1 Å². The van der Waals surface area contributed by atoms with E-state index < -0.39 is 31.1 Å². The summed E-state index contributed by atoms with van der Waals surface area (Å²) in [4.78, 5) is 10.8. The van der Waals surface area contributed by atoms with Gasteiger partial charge in [0.25, 0.3) is 0 Å². The molecule has 21 heavy (non-hydrogen) atoms. The number of nitrogens with zero attached hydrogens (tertiary/aromatic N) is 4. The van der Waals surface area contributed by atoms with Crippen LogP contribution < -0.4 is 17.2 Å². The summed E-state index contributed by atoms with van der Waals surface area (Å²) < 4.78 is 6.87. The van der Waals surface area contributed by atoms with Crippen LogP contribution in [0.4, 0.5) is 5.82 Å². The summed E-state index contributed by atoms with van der Waals surface area (Å²) in [7, 11) is 0. The monoisotopic (exact) mass is 297 g/mol. The van der Waals surface area contributed by atoms with Gasteiger partial charge in [0, 0.05) is 0 Å². The molecule has 0 aliphatic carbocycles. The molecule has 8 N–H and O–H groups in total. The van der Waals surface area contributed by atoms with Crippen molar-refractivity contribution in [1.29, 1.82) is 0 Å². The molecule has 0 spiro atoms. The van der Waals surface area contributed by atoms with E-state index in [1.165, 1.54) is 10.9 Å². The normalized spacial score (nSPS) is 30.3. The van der Waals surface area contributed by atoms with Crippen LogP contribution in [-0.2, 0) is 4.74 Å². The number of rotatable bonds is 2. The molecule has 1 fully saturated rings. The topological polar surface area (TPSA) is 181 Å². The lowest BCUT2D eigenvalue weighted by Crippen LogP contribution is -2.33. The second-order valence-electron chi connectivity index (χ2n) is 4.65. The molecule has 1 saturated heterocycles. The van der Waals surface area contributed by atoms with E-state index in [-0.39, 0.29) is 11.4 Å². The predicted molar refractivity (Wildman–Crippen MR) is 69.1 cm³/mol. The van der Waals surface area contributed by atoms with Gasteiger partial charge in [0.15, 0.2) is 12.0 Å². The maximum atomic E-state index is 10.0. The number of imidazole rings is 1. The van der Waals surface area contributed by atoms with E-state index in [9.17, 15) is 10.2 Å². The summed E-state index contributed by atoms with van der Waals surface area (Å²) in [6, 6.07) is 0. The molecule has 0 radical (unpaired) electrons. The molecule has 1 aliphatic rings. The lowest BCUT2D eigenvalue weighted by atomic mass is 10.1. The third-order valence-electron chi connectivity index (χ3n) is 3.41. The van der Waals surface area contributed by atoms with Gasteiger partial charge in [0.1, 0.15) is 29.5 Å². The average Bonchev–Trinajstić information content (AvgIpc) is 3.02. The molecule has 2 aromatic heterocycles. The van der Waals surface area contributed by atoms with Gasteiger partial charge in [-0.2, -0.15) is 4.98 Å². The molecule has 11 nitrogen and oxygen atoms in total. The highest BCUT2D eigenvalue weighted by Crippen LogP contribution is 2.31. The van der Waals surface area contributed by atoms with E-state index in [0.29, 0.717) is 11.2 Å². The number of nitrogens with one attached hydrogen (secondary N) is 1. The van der Waals surface area contributed by atoms with Crippen LogP contribution in [0.5, 0.6) is 0 Å². The summed E-state index contributed by atoms with van der Waals surface area (Å²) >= 11 is 0. The van der Waals surface area contributed by atoms with Crippen molar-refractivity contribution in [2.75, 3.05) is 12.3 Å². The fourth-order valence-electron chi connectivity index (χ4n) is 2.34. The molecule has 4 atom stereocenters. The van der Waals surface area contributed by atoms with Crippen molar-refractivity contribution in [1.82, 2.24) is 19.5 Å². The fraction of sp³-hybridized carbons (Fsp3) is 0.500. The van der Waals surface area contributed by atoms with Gasteiger partial charge in [-0.3, -0.25) is 4.57 Å². The van der Waals surface area contributed by atoms with Gasteiger partial charge in [-0.15, -0.1) is 5.10 Å². The summed E-state index contributed by atoms with van der Waals surface area (Å²) in [5, 5.41) is 32.4. The largest absolute Gasteiger partial charge is 0.394 e. The van der Waals surface area contributed by atoms with Crippen LogP contribution in [0.3, 0.4) is 0 Å². The molecule has 0 amide bonds. The number of aromatic nitrogens is 4. The maximum Gasteiger partial charge on any atom is 0.247 e. The highest BCUT2D eigenvalue weighted by molar-refractivity contribution is 5.81. The molecule has 0 saturated carbocycles. The van der Waals surface area contributed by atoms with Crippen LogP contribution in [0, 0.1) is 0 Å². The Hall–Kier alpha value is -2.21. The number of aromatic amines is 1. The number of fused-ring (bicyclic) bond motifs is 1. The van der Waals surface area contributed by atoms with Crippen LogP contribution in [0.1, 0.15) is 6.23 Å². The molecule has 0 bridgehead atoms. The number of aliphatic hydroxyl groups excluding tert-OH is 3. The molecule has 3 heterocycles. The lowest BCUT2D eigenvalue weighted by molar-refractivity contribution is -0.0511. The third-order valence-corrected chi connectivity index (χ3v) is 3.41. The number of hydrogen-bond acceptors (Lipinski definition) is 9. The van der Waals surface area contributed by atoms with Crippen LogP contribution >= 0.6 is 0 Å². The molecule has 114 valence electrons. The van der Waals surface area contributed by atoms with Crippen molar-refractivity contribution >= 4 is 17.0 Å². The molecule has 2 aromatic rings. The van der Waals surface area contributed by atoms with E-state index in [1.54, 1.807) is 0 Å². The number of aliphatic hydroxyl groups is 3. The van der Waals surface area contributed by atoms with Crippen molar-refractivity contribution in [2.24, 2.45) is 10.9 Å². The maximum absolute atomic E-state index is 10.0. The van der Waals surface area contributed by atoms with Crippen LogP contribution in [0.15, 0.2) is 11.4 Å². The Morgan fingerprint density at radius 1 is 1.43 bits per heavy atom. The number of hydrogen-bond donors (Lipinski definition) is 6. The van der Waals surface area contributed by atoms with Gasteiger partial charge in [-0.25, -0.2) is 4.98 Å². The molecule has 0 aromatic carbocycles. The molecule has 11 heteroatoms. The minimum atomic E-state index is -1.24. The van der Waals surface area contributed by atoms with Crippen molar-refractivity contribution in [2.45, 2.75) is 24.5 Å². The number of ether oxygens (including phenoxy) is 1. The molecular formula is C10H15N7O4. The minimum Gasteiger partial charge on any atom is -0.394 e. The van der Waals surface area contributed by atoms with Crippen LogP contribution in [-0.4, -0.2) is 59.8 Å². The van der Waals surface area contributed by atoms with E-state index in [0.717, 1.165) is 0 Å². The van der Waals surface area contributed by atoms with Crippen LogP contribution in [0.2, 0.25) is 0 Å². The highest BCUT2D eigenvalue weighted by atomic mass is 16.6. The van der Waals surface area contributed by atoms with Crippen molar-refractivity contribution in [3.05, 3.63) is 11.9 Å². The zero-order chi connectivity index (χ0) is 15.1. The highest BCUT2D eigenvalue weighted by Gasteiger charge is 2.43. The Bertz CT molecular complexity index is 726. The number of nitrogens with two attached hydrogens (primary N) is 2. The van der Waals surface area contributed by atoms with E-state index in [1.807, 2.05) is 0 Å². The van der Waals surface area contributed by atoms with Crippen molar-refractivity contribution in [3.8, 4) is 0 Å². The second kappa shape index (κ2) is 4.96. The number of anilines is 1. The summed E-state index contributed by atoms with van der Waals surface area (Å²) in [5.41, 5.74) is 6.55. The first-order valence-corrected chi connectivity index (χ1v) is 6.15. The molecule has 3 rings (SSSR count). The zero-order valence-electron chi connectivity index (χ0n) is 10.8. The van der Waals surface area contributed by atoms with Gasteiger partial charge in [-0.05, 0) is 0 Å². The molecular weight excluding hydrogens is 282 g/mol. The summed E-state index contributed by atoms with van der Waals surface area (Å²) in [5.74, 6) is 5.28. The molecule has 2 unspecified atom stereocenters. The van der Waals surface area contributed by atoms with Crippen molar-refractivity contribution in [3.63, 3.8) is 0 Å². The Labute approximate surface area is 117 Å². The number of H-pyrrole nitrogens is 1. The quantitative estimate of drug-likeness (QED) is 0.246. The van der Waals surface area contributed by atoms with Crippen molar-refractivity contribution < 1.29 is 20.1 Å². The van der Waals surface area contributed by atoms with Gasteiger partial charge in [0.05, 0.1) is 12.9 Å². The Balaban J connectivity index is 2.11. The predicted octanol–water partition coefficient (Wildman–Crippen LogP) is -3.27. The zero-order valence-corrected chi connectivity index (χ0v) is 10.8. The fourth-order valence-corrected chi connectivity index (χ4v) is 2.34. The minimum absolute atomic E-state index is 0.0773. The van der Waals surface area contributed by atoms with Crippen LogP contribution in [0.25, 0.3) is 11.2 Å². The SMILES string of the molecule is NN=c1nc(N)c2ncn([C@@H]3O[C@H](CO)C(O)C3O)c2[nH]1. The van der Waals surface area contributed by atoms with Gasteiger partial charge >= 0.3 is 0 Å². The molecule has 1 aliphatic heterocycles.